The second kappa shape index (κ2) is 5.05. The van der Waals surface area contributed by atoms with E-state index in [1.165, 1.54) is 0 Å². The molecule has 0 aliphatic rings. The summed E-state index contributed by atoms with van der Waals surface area (Å²) in [5.74, 6) is 0. The van der Waals surface area contributed by atoms with Crippen molar-refractivity contribution in [3.05, 3.63) is 18.2 Å². The van der Waals surface area contributed by atoms with E-state index in [1.54, 1.807) is 6.07 Å². The van der Waals surface area contributed by atoms with Crippen molar-refractivity contribution in [2.75, 3.05) is 17.7 Å². The summed E-state index contributed by atoms with van der Waals surface area (Å²) < 4.78 is 5.54. The Morgan fingerprint density at radius 1 is 1.53 bits per heavy atom. The normalized spacial score (nSPS) is 12.8. The van der Waals surface area contributed by atoms with Crippen molar-refractivity contribution < 1.29 is 9.52 Å². The van der Waals surface area contributed by atoms with Gasteiger partial charge >= 0.3 is 0 Å². The van der Waals surface area contributed by atoms with Gasteiger partial charge in [-0.2, -0.15) is 4.98 Å². The third-order valence-electron chi connectivity index (χ3n) is 2.75. The number of hydrogen-bond donors (Lipinski definition) is 3. The zero-order valence-electron chi connectivity index (χ0n) is 9.81. The number of nitrogens with two attached hydrogens (primary N) is 1. The molecule has 5 nitrogen and oxygen atoms in total. The first-order chi connectivity index (χ1) is 8.24. The van der Waals surface area contributed by atoms with Gasteiger partial charge in [-0.15, -0.1) is 0 Å². The molecule has 0 aliphatic heterocycles. The van der Waals surface area contributed by atoms with Crippen LogP contribution in [0.25, 0.3) is 11.1 Å². The highest BCUT2D eigenvalue weighted by atomic mass is 16.4. The molecular weight excluding hydrogens is 218 g/mol. The van der Waals surface area contributed by atoms with E-state index in [-0.39, 0.29) is 12.6 Å². The molecule has 1 aromatic carbocycles. The van der Waals surface area contributed by atoms with E-state index >= 15 is 0 Å². The Morgan fingerprint density at radius 2 is 2.35 bits per heavy atom. The second-order valence-electron chi connectivity index (χ2n) is 3.97. The van der Waals surface area contributed by atoms with Gasteiger partial charge in [-0.3, -0.25) is 0 Å². The topological polar surface area (TPSA) is 84.3 Å². The largest absolute Gasteiger partial charge is 0.423 e. The number of para-hydroxylation sites is 1. The average molecular weight is 235 g/mol. The first kappa shape index (κ1) is 11.7. The predicted molar refractivity (Wildman–Crippen MR) is 67.8 cm³/mol. The monoisotopic (exact) mass is 235 g/mol. The fourth-order valence-corrected chi connectivity index (χ4v) is 1.74. The number of oxazole rings is 1. The Morgan fingerprint density at radius 3 is 3.00 bits per heavy atom. The summed E-state index contributed by atoms with van der Waals surface area (Å²) in [6, 6.07) is 6.07. The summed E-state index contributed by atoms with van der Waals surface area (Å²) in [5, 5.41) is 12.1. The van der Waals surface area contributed by atoms with Crippen LogP contribution < -0.4 is 11.1 Å². The van der Waals surface area contributed by atoms with E-state index in [1.807, 2.05) is 19.1 Å². The lowest BCUT2D eigenvalue weighted by atomic mass is 10.2. The van der Waals surface area contributed by atoms with Crippen LogP contribution in [0.15, 0.2) is 22.6 Å². The van der Waals surface area contributed by atoms with Crippen molar-refractivity contribution in [1.29, 1.82) is 0 Å². The van der Waals surface area contributed by atoms with E-state index in [2.05, 4.69) is 10.3 Å². The molecule has 0 amide bonds. The highest BCUT2D eigenvalue weighted by molar-refractivity contribution is 5.86. The van der Waals surface area contributed by atoms with E-state index < -0.39 is 0 Å². The number of benzene rings is 1. The van der Waals surface area contributed by atoms with E-state index in [0.29, 0.717) is 29.2 Å². The predicted octanol–water partition coefficient (Wildman–Crippen LogP) is 1.98. The van der Waals surface area contributed by atoms with Gasteiger partial charge in [-0.1, -0.05) is 13.0 Å². The molecule has 1 aromatic heterocycles. The zero-order valence-corrected chi connectivity index (χ0v) is 9.81. The van der Waals surface area contributed by atoms with Gasteiger partial charge in [0.05, 0.1) is 5.69 Å². The number of aliphatic hydroxyl groups is 1. The maximum absolute atomic E-state index is 8.92. The zero-order chi connectivity index (χ0) is 12.3. The van der Waals surface area contributed by atoms with Crippen LogP contribution in [0.1, 0.15) is 19.8 Å². The number of aromatic nitrogens is 1. The van der Waals surface area contributed by atoms with Gasteiger partial charge in [0.1, 0.15) is 5.52 Å². The molecule has 1 heterocycles. The molecular formula is C12H17N3O2. The number of anilines is 2. The first-order valence-corrected chi connectivity index (χ1v) is 5.77. The van der Waals surface area contributed by atoms with Crippen LogP contribution >= 0.6 is 0 Å². The minimum atomic E-state index is 0.147. The number of fused-ring (bicyclic) bond motifs is 1. The third kappa shape index (κ3) is 2.50. The number of nitrogens with zero attached hydrogens (tertiary/aromatic N) is 1. The fourth-order valence-electron chi connectivity index (χ4n) is 1.74. The molecule has 0 saturated heterocycles. The highest BCUT2D eigenvalue weighted by Gasteiger charge is 2.11. The Kier molecular flexibility index (Phi) is 3.49. The standard InChI is InChI=1S/C12H17N3O2/c1-2-8(6-7-16)14-12-15-11-9(13)4-3-5-10(11)17-12/h3-5,8,16H,2,6-7,13H2,1H3,(H,14,15). The number of rotatable bonds is 5. The van der Waals surface area contributed by atoms with Gasteiger partial charge in [0, 0.05) is 12.6 Å². The lowest BCUT2D eigenvalue weighted by Gasteiger charge is -2.13. The van der Waals surface area contributed by atoms with E-state index in [0.717, 1.165) is 6.42 Å². The third-order valence-corrected chi connectivity index (χ3v) is 2.75. The molecule has 0 radical (unpaired) electrons. The van der Waals surface area contributed by atoms with Gasteiger partial charge in [0.15, 0.2) is 5.58 Å². The molecule has 2 rings (SSSR count). The lowest BCUT2D eigenvalue weighted by molar-refractivity contribution is 0.277. The lowest BCUT2D eigenvalue weighted by Crippen LogP contribution is -2.19. The van der Waals surface area contributed by atoms with Crippen molar-refractivity contribution in [2.24, 2.45) is 0 Å². The minimum Gasteiger partial charge on any atom is -0.423 e. The van der Waals surface area contributed by atoms with Gasteiger partial charge < -0.3 is 20.6 Å². The Labute approximate surface area is 99.6 Å². The summed E-state index contributed by atoms with van der Waals surface area (Å²) in [6.07, 6.45) is 1.57. The van der Waals surface area contributed by atoms with Crippen molar-refractivity contribution in [2.45, 2.75) is 25.8 Å². The van der Waals surface area contributed by atoms with Crippen LogP contribution in [0.3, 0.4) is 0 Å². The quantitative estimate of drug-likeness (QED) is 0.690. The molecule has 0 fully saturated rings. The van der Waals surface area contributed by atoms with Gasteiger partial charge in [0.25, 0.3) is 6.01 Å². The second-order valence-corrected chi connectivity index (χ2v) is 3.97. The molecule has 0 saturated carbocycles. The number of nitrogen functional groups attached to an aromatic ring is 1. The highest BCUT2D eigenvalue weighted by Crippen LogP contribution is 2.24. The molecule has 0 spiro atoms. The van der Waals surface area contributed by atoms with Crippen LogP contribution in [-0.4, -0.2) is 22.7 Å². The maximum atomic E-state index is 8.92. The first-order valence-electron chi connectivity index (χ1n) is 5.77. The van der Waals surface area contributed by atoms with Gasteiger partial charge in [-0.05, 0) is 25.0 Å². The SMILES string of the molecule is CCC(CCO)Nc1nc2c(N)cccc2o1. The molecule has 17 heavy (non-hydrogen) atoms. The summed E-state index contributed by atoms with van der Waals surface area (Å²) in [7, 11) is 0. The molecule has 4 N–H and O–H groups in total. The molecule has 5 heteroatoms. The molecule has 92 valence electrons. The molecule has 1 unspecified atom stereocenters. The van der Waals surface area contributed by atoms with Crippen LogP contribution in [0.4, 0.5) is 11.7 Å². The molecule has 1 atom stereocenters. The van der Waals surface area contributed by atoms with Crippen LogP contribution in [0, 0.1) is 0 Å². The van der Waals surface area contributed by atoms with Crippen molar-refractivity contribution in [1.82, 2.24) is 4.98 Å². The van der Waals surface area contributed by atoms with Crippen LogP contribution in [-0.2, 0) is 0 Å². The summed E-state index contributed by atoms with van der Waals surface area (Å²) in [6.45, 7) is 2.19. The number of hydrogen-bond acceptors (Lipinski definition) is 5. The minimum absolute atomic E-state index is 0.147. The van der Waals surface area contributed by atoms with Crippen molar-refractivity contribution in [3.8, 4) is 0 Å². The average Bonchev–Trinajstić information content (AvgIpc) is 2.72. The Bertz CT molecular complexity index is 495. The smallest absolute Gasteiger partial charge is 0.295 e. The van der Waals surface area contributed by atoms with Gasteiger partial charge in [-0.25, -0.2) is 0 Å². The number of nitrogens with one attached hydrogen (secondary N) is 1. The Balaban J connectivity index is 2.21. The van der Waals surface area contributed by atoms with Gasteiger partial charge in [0.2, 0.25) is 0 Å². The Hall–Kier alpha value is -1.75. The molecule has 0 aliphatic carbocycles. The number of aliphatic hydroxyl groups excluding tert-OH is 1. The summed E-state index contributed by atoms with van der Waals surface area (Å²) >= 11 is 0. The summed E-state index contributed by atoms with van der Waals surface area (Å²) in [5.41, 5.74) is 7.75. The molecule has 0 bridgehead atoms. The van der Waals surface area contributed by atoms with E-state index in [9.17, 15) is 0 Å². The van der Waals surface area contributed by atoms with Crippen molar-refractivity contribution >= 4 is 22.8 Å². The molecule has 2 aromatic rings. The maximum Gasteiger partial charge on any atom is 0.295 e. The van der Waals surface area contributed by atoms with Crippen molar-refractivity contribution in [3.63, 3.8) is 0 Å². The summed E-state index contributed by atoms with van der Waals surface area (Å²) in [4.78, 5) is 4.30. The fraction of sp³-hybridized carbons (Fsp3) is 0.417. The van der Waals surface area contributed by atoms with Crippen LogP contribution in [0.5, 0.6) is 0 Å². The van der Waals surface area contributed by atoms with Crippen LogP contribution in [0.2, 0.25) is 0 Å². The van der Waals surface area contributed by atoms with E-state index in [4.69, 9.17) is 15.3 Å².